The number of carbonyl (C=O) groups excluding carboxylic acids is 1. The van der Waals surface area contributed by atoms with Crippen molar-refractivity contribution < 1.29 is 14.5 Å². The molecule has 7 nitrogen and oxygen atoms in total. The normalized spacial score (nSPS) is 13.3. The van der Waals surface area contributed by atoms with Crippen molar-refractivity contribution in [2.75, 3.05) is 23.9 Å². The van der Waals surface area contributed by atoms with Crippen molar-refractivity contribution in [3.8, 4) is 5.75 Å². The Morgan fingerprint density at radius 2 is 2.00 bits per heavy atom. The molecule has 1 aliphatic heterocycles. The van der Waals surface area contributed by atoms with Gasteiger partial charge in [-0.25, -0.2) is 0 Å². The zero-order chi connectivity index (χ0) is 16.4. The molecular weight excluding hydrogens is 298 g/mol. The van der Waals surface area contributed by atoms with Crippen LogP contribution in [0.15, 0.2) is 42.5 Å². The Hall–Kier alpha value is -3.09. The molecule has 3 rings (SSSR count). The Kier molecular flexibility index (Phi) is 3.84. The van der Waals surface area contributed by atoms with Crippen molar-refractivity contribution in [2.24, 2.45) is 0 Å². The first-order valence-corrected chi connectivity index (χ1v) is 7.04. The highest BCUT2D eigenvalue weighted by Gasteiger charge is 2.24. The fraction of sp³-hybridized carbons (Fsp3) is 0.188. The maximum atomic E-state index is 12.2. The number of rotatable bonds is 4. The second-order valence-electron chi connectivity index (χ2n) is 5.14. The van der Waals surface area contributed by atoms with Crippen molar-refractivity contribution in [3.63, 3.8) is 0 Å². The number of nitro benzene ring substituents is 1. The molecule has 0 saturated carbocycles. The van der Waals surface area contributed by atoms with E-state index < -0.39 is 4.92 Å². The molecule has 2 aromatic rings. The van der Waals surface area contributed by atoms with Crippen LogP contribution in [-0.2, 0) is 11.3 Å². The number of non-ortho nitro benzene ring substituents is 1. The third kappa shape index (κ3) is 2.94. The lowest BCUT2D eigenvalue weighted by molar-refractivity contribution is -0.384. The van der Waals surface area contributed by atoms with Gasteiger partial charge in [-0.2, -0.15) is 0 Å². The summed E-state index contributed by atoms with van der Waals surface area (Å²) in [6.45, 7) is 0.561. The van der Waals surface area contributed by atoms with Crippen molar-refractivity contribution >= 4 is 23.0 Å². The Morgan fingerprint density at radius 1 is 1.26 bits per heavy atom. The largest absolute Gasteiger partial charge is 0.497 e. The molecule has 0 aromatic heterocycles. The van der Waals surface area contributed by atoms with Crippen LogP contribution in [0.25, 0.3) is 0 Å². The summed E-state index contributed by atoms with van der Waals surface area (Å²) >= 11 is 0. The molecule has 0 spiro atoms. The van der Waals surface area contributed by atoms with Gasteiger partial charge in [0, 0.05) is 18.2 Å². The Bertz CT molecular complexity index is 758. The highest BCUT2D eigenvalue weighted by Crippen LogP contribution is 2.34. The molecule has 0 radical (unpaired) electrons. The number of ether oxygens (including phenoxy) is 1. The average Bonchev–Trinajstić information content (AvgIpc) is 2.57. The Morgan fingerprint density at radius 3 is 2.65 bits per heavy atom. The molecule has 1 N–H and O–H groups in total. The van der Waals surface area contributed by atoms with Crippen LogP contribution in [0.1, 0.15) is 5.56 Å². The van der Waals surface area contributed by atoms with E-state index in [0.29, 0.717) is 12.3 Å². The van der Waals surface area contributed by atoms with Gasteiger partial charge in [-0.15, -0.1) is 0 Å². The van der Waals surface area contributed by atoms with Gasteiger partial charge in [0.25, 0.3) is 5.69 Å². The van der Waals surface area contributed by atoms with E-state index in [-0.39, 0.29) is 18.1 Å². The summed E-state index contributed by atoms with van der Waals surface area (Å²) in [4.78, 5) is 24.1. The summed E-state index contributed by atoms with van der Waals surface area (Å²) in [7, 11) is 1.59. The van der Waals surface area contributed by atoms with Crippen LogP contribution >= 0.6 is 0 Å². The fourth-order valence-corrected chi connectivity index (χ4v) is 2.50. The topological polar surface area (TPSA) is 84.7 Å². The minimum atomic E-state index is -0.443. The SMILES string of the molecule is COc1ccc2c(c1)NCC(=O)N2Cc1ccc([N+](=O)[O-])cc1. The predicted octanol–water partition coefficient (Wildman–Crippen LogP) is 2.56. The molecule has 0 atom stereocenters. The summed E-state index contributed by atoms with van der Waals surface area (Å²) in [5.41, 5.74) is 2.45. The van der Waals surface area contributed by atoms with Gasteiger partial charge in [-0.05, 0) is 17.7 Å². The maximum absolute atomic E-state index is 12.2. The zero-order valence-corrected chi connectivity index (χ0v) is 12.5. The van der Waals surface area contributed by atoms with Crippen LogP contribution in [0.3, 0.4) is 0 Å². The molecule has 1 aliphatic rings. The number of benzene rings is 2. The van der Waals surface area contributed by atoms with E-state index in [1.165, 1.54) is 12.1 Å². The number of methoxy groups -OCH3 is 1. The van der Waals surface area contributed by atoms with Gasteiger partial charge in [0.15, 0.2) is 0 Å². The quantitative estimate of drug-likeness (QED) is 0.692. The highest BCUT2D eigenvalue weighted by molar-refractivity contribution is 6.02. The number of anilines is 2. The van der Waals surface area contributed by atoms with E-state index >= 15 is 0 Å². The van der Waals surface area contributed by atoms with Gasteiger partial charge >= 0.3 is 0 Å². The molecule has 0 bridgehead atoms. The van der Waals surface area contributed by atoms with Crippen LogP contribution in [0, 0.1) is 10.1 Å². The smallest absolute Gasteiger partial charge is 0.269 e. The van der Waals surface area contributed by atoms with Gasteiger partial charge < -0.3 is 15.0 Å². The molecular formula is C16H15N3O4. The van der Waals surface area contributed by atoms with Crippen LogP contribution < -0.4 is 15.0 Å². The number of fused-ring (bicyclic) bond motifs is 1. The first kappa shape index (κ1) is 14.8. The Labute approximate surface area is 132 Å². The standard InChI is InChI=1S/C16H15N3O4/c1-23-13-6-7-15-14(8-13)17-9-16(20)18(15)10-11-2-4-12(5-3-11)19(21)22/h2-8,17H,9-10H2,1H3. The van der Waals surface area contributed by atoms with Crippen molar-refractivity contribution in [3.05, 3.63) is 58.1 Å². The first-order valence-electron chi connectivity index (χ1n) is 7.04. The van der Waals surface area contributed by atoms with Crippen LogP contribution in [-0.4, -0.2) is 24.5 Å². The summed E-state index contributed by atoms with van der Waals surface area (Å²) in [5, 5.41) is 13.8. The maximum Gasteiger partial charge on any atom is 0.269 e. The van der Waals surface area contributed by atoms with Gasteiger partial charge in [-0.1, -0.05) is 12.1 Å². The van der Waals surface area contributed by atoms with E-state index in [4.69, 9.17) is 4.74 Å². The summed E-state index contributed by atoms with van der Waals surface area (Å²) in [5.74, 6) is 0.655. The van der Waals surface area contributed by atoms with Crippen LogP contribution in [0.4, 0.5) is 17.1 Å². The third-order valence-electron chi connectivity index (χ3n) is 3.71. The number of carbonyl (C=O) groups is 1. The molecule has 0 fully saturated rings. The van der Waals surface area contributed by atoms with Gasteiger partial charge in [0.2, 0.25) is 5.91 Å². The van der Waals surface area contributed by atoms with E-state index in [0.717, 1.165) is 16.9 Å². The van der Waals surface area contributed by atoms with E-state index in [9.17, 15) is 14.9 Å². The molecule has 2 aromatic carbocycles. The van der Waals surface area contributed by atoms with E-state index in [1.54, 1.807) is 30.2 Å². The molecule has 7 heteroatoms. The van der Waals surface area contributed by atoms with Crippen molar-refractivity contribution in [2.45, 2.75) is 6.54 Å². The highest BCUT2D eigenvalue weighted by atomic mass is 16.6. The van der Waals surface area contributed by atoms with Gasteiger partial charge in [0.05, 0.1) is 36.5 Å². The number of hydrogen-bond acceptors (Lipinski definition) is 5. The zero-order valence-electron chi connectivity index (χ0n) is 12.5. The van der Waals surface area contributed by atoms with Gasteiger partial charge in [-0.3, -0.25) is 14.9 Å². The van der Waals surface area contributed by atoms with E-state index in [1.807, 2.05) is 12.1 Å². The van der Waals surface area contributed by atoms with Crippen LogP contribution in [0.5, 0.6) is 5.75 Å². The lowest BCUT2D eigenvalue weighted by atomic mass is 10.1. The van der Waals surface area contributed by atoms with Crippen molar-refractivity contribution in [1.29, 1.82) is 0 Å². The Balaban J connectivity index is 1.87. The summed E-state index contributed by atoms with van der Waals surface area (Å²) < 4.78 is 5.19. The molecule has 1 amide bonds. The number of amides is 1. The predicted molar refractivity (Wildman–Crippen MR) is 85.8 cm³/mol. The first-order chi connectivity index (χ1) is 11.1. The minimum absolute atomic E-state index is 0.0329. The fourth-order valence-electron chi connectivity index (χ4n) is 2.50. The lowest BCUT2D eigenvalue weighted by Crippen LogP contribution is -2.39. The summed E-state index contributed by atoms with van der Waals surface area (Å²) in [6, 6.07) is 11.7. The second-order valence-corrected chi connectivity index (χ2v) is 5.14. The van der Waals surface area contributed by atoms with Crippen LogP contribution in [0.2, 0.25) is 0 Å². The molecule has 118 valence electrons. The molecule has 0 unspecified atom stereocenters. The average molecular weight is 313 g/mol. The number of nitrogens with one attached hydrogen (secondary N) is 1. The molecule has 0 aliphatic carbocycles. The monoisotopic (exact) mass is 313 g/mol. The third-order valence-corrected chi connectivity index (χ3v) is 3.71. The molecule has 1 heterocycles. The minimum Gasteiger partial charge on any atom is -0.497 e. The van der Waals surface area contributed by atoms with Crippen molar-refractivity contribution in [1.82, 2.24) is 0 Å². The van der Waals surface area contributed by atoms with Gasteiger partial charge in [0.1, 0.15) is 5.75 Å². The second kappa shape index (κ2) is 5.96. The summed E-state index contributed by atoms with van der Waals surface area (Å²) in [6.07, 6.45) is 0. The van der Waals surface area contributed by atoms with E-state index in [2.05, 4.69) is 5.32 Å². The number of hydrogen-bond donors (Lipinski definition) is 1. The molecule has 23 heavy (non-hydrogen) atoms. The molecule has 0 saturated heterocycles. The lowest BCUT2D eigenvalue weighted by Gasteiger charge is -2.30. The number of nitro groups is 1. The number of nitrogens with zero attached hydrogens (tertiary/aromatic N) is 2.